The van der Waals surface area contributed by atoms with E-state index in [1.54, 1.807) is 48.5 Å². The summed E-state index contributed by atoms with van der Waals surface area (Å²) in [5, 5.41) is 1.35. The molecule has 0 spiro atoms. The zero-order chi connectivity index (χ0) is 25.1. The van der Waals surface area contributed by atoms with Gasteiger partial charge in [0.05, 0.1) is 4.91 Å². The largest absolute Gasteiger partial charge is 0.378 e. The van der Waals surface area contributed by atoms with Gasteiger partial charge < -0.3 is 14.0 Å². The highest BCUT2D eigenvalue weighted by Gasteiger charge is 2.29. The van der Waals surface area contributed by atoms with Gasteiger partial charge in [0.15, 0.2) is 5.17 Å². The molecular formula is C26H22ClN3O4S2. The van der Waals surface area contributed by atoms with Gasteiger partial charge in [0.2, 0.25) is 0 Å². The molecule has 184 valence electrons. The molecule has 0 aromatic heterocycles. The second-order valence-corrected chi connectivity index (χ2v) is 11.1. The molecule has 1 saturated heterocycles. The van der Waals surface area contributed by atoms with E-state index in [0.29, 0.717) is 33.7 Å². The van der Waals surface area contributed by atoms with Crippen LogP contribution in [0.15, 0.2) is 93.7 Å². The number of rotatable bonds is 5. The maximum absolute atomic E-state index is 12.7. The van der Waals surface area contributed by atoms with Crippen LogP contribution < -0.4 is 9.08 Å². The van der Waals surface area contributed by atoms with Crippen molar-refractivity contribution in [3.63, 3.8) is 0 Å². The Kier molecular flexibility index (Phi) is 7.04. The molecule has 0 aliphatic carbocycles. The van der Waals surface area contributed by atoms with Crippen LogP contribution in [-0.4, -0.2) is 50.6 Å². The molecular weight excluding hydrogens is 518 g/mol. The van der Waals surface area contributed by atoms with Crippen molar-refractivity contribution in [1.82, 2.24) is 4.90 Å². The molecule has 0 bridgehead atoms. The number of hydrogen-bond donors (Lipinski definition) is 0. The molecule has 10 heteroatoms. The van der Waals surface area contributed by atoms with Crippen molar-refractivity contribution in [2.24, 2.45) is 4.99 Å². The van der Waals surface area contributed by atoms with E-state index in [2.05, 4.69) is 14.8 Å². The van der Waals surface area contributed by atoms with Crippen molar-refractivity contribution in [3.05, 3.63) is 94.4 Å². The number of benzene rings is 3. The first-order chi connectivity index (χ1) is 17.4. The third-order valence-electron chi connectivity index (χ3n) is 5.77. The quantitative estimate of drug-likeness (QED) is 0.337. The highest BCUT2D eigenvalue weighted by Crippen LogP contribution is 2.34. The van der Waals surface area contributed by atoms with Crippen LogP contribution in [0.1, 0.15) is 5.56 Å². The van der Waals surface area contributed by atoms with Crippen LogP contribution in [-0.2, 0) is 14.9 Å². The van der Waals surface area contributed by atoms with Gasteiger partial charge in [-0.15, -0.1) is 0 Å². The predicted octanol–water partition coefficient (Wildman–Crippen LogP) is 4.90. The zero-order valence-corrected chi connectivity index (χ0v) is 21.5. The molecule has 0 N–H and O–H groups in total. The molecule has 1 fully saturated rings. The molecule has 3 aromatic carbocycles. The van der Waals surface area contributed by atoms with Crippen LogP contribution in [0.2, 0.25) is 5.02 Å². The molecule has 0 radical (unpaired) electrons. The van der Waals surface area contributed by atoms with Gasteiger partial charge >= 0.3 is 10.1 Å². The fraction of sp³-hybridized carbons (Fsp3) is 0.154. The minimum atomic E-state index is -4.01. The van der Waals surface area contributed by atoms with E-state index in [1.807, 2.05) is 24.3 Å². The first-order valence-corrected chi connectivity index (χ1v) is 13.9. The van der Waals surface area contributed by atoms with E-state index < -0.39 is 10.1 Å². The lowest BCUT2D eigenvalue weighted by molar-refractivity contribution is -0.113. The molecule has 3 aromatic rings. The summed E-state index contributed by atoms with van der Waals surface area (Å²) in [6.45, 7) is 2.99. The predicted molar refractivity (Wildman–Crippen MR) is 144 cm³/mol. The number of para-hydroxylation sites is 1. The van der Waals surface area contributed by atoms with Crippen molar-refractivity contribution < 1.29 is 17.4 Å². The molecule has 7 nitrogen and oxygen atoms in total. The van der Waals surface area contributed by atoms with Crippen LogP contribution in [0, 0.1) is 0 Å². The maximum atomic E-state index is 12.7. The summed E-state index contributed by atoms with van der Waals surface area (Å²) in [6.07, 6.45) is 1.63. The molecule has 5 rings (SSSR count). The number of amides is 1. The average Bonchev–Trinajstić information content (AvgIpc) is 3.25. The number of thioether (sulfide) groups is 1. The zero-order valence-electron chi connectivity index (χ0n) is 19.1. The van der Waals surface area contributed by atoms with Crippen LogP contribution in [0.3, 0.4) is 0 Å². The number of anilines is 1. The van der Waals surface area contributed by atoms with E-state index in [0.717, 1.165) is 18.8 Å². The summed E-state index contributed by atoms with van der Waals surface area (Å²) in [5.41, 5.74) is 1.55. The number of nitrogens with zero attached hydrogens (tertiary/aromatic N) is 3. The fourth-order valence-corrected chi connectivity index (χ4v) is 6.05. The molecule has 0 saturated carbocycles. The Bertz CT molecular complexity index is 1450. The lowest BCUT2D eigenvalue weighted by atomic mass is 10.2. The van der Waals surface area contributed by atoms with Crippen LogP contribution in [0.4, 0.5) is 5.69 Å². The number of piperazine rings is 1. The summed E-state index contributed by atoms with van der Waals surface area (Å²) < 4.78 is 30.8. The molecule has 1 amide bonds. The van der Waals surface area contributed by atoms with Crippen molar-refractivity contribution in [1.29, 1.82) is 0 Å². The summed E-state index contributed by atoms with van der Waals surface area (Å²) in [7, 11) is -4.01. The van der Waals surface area contributed by atoms with E-state index in [-0.39, 0.29) is 16.6 Å². The second kappa shape index (κ2) is 10.4. The highest BCUT2D eigenvalue weighted by atomic mass is 35.5. The van der Waals surface area contributed by atoms with Gasteiger partial charge in [0, 0.05) is 42.5 Å². The van der Waals surface area contributed by atoms with Gasteiger partial charge in [0.25, 0.3) is 5.91 Å². The summed E-state index contributed by atoms with van der Waals surface area (Å²) in [4.78, 5) is 21.7. The molecule has 0 atom stereocenters. The number of halogens is 1. The number of carbonyl (C=O) groups excluding carboxylic acids is 1. The molecule has 2 heterocycles. The molecule has 36 heavy (non-hydrogen) atoms. The van der Waals surface area contributed by atoms with Gasteiger partial charge in [-0.25, -0.2) is 0 Å². The SMILES string of the molecule is O=C1N=C(N2CCN(c3cccc(Cl)c3)CC2)S/C1=C/c1ccccc1OS(=O)(=O)c1ccccc1. The monoisotopic (exact) mass is 539 g/mol. The third-order valence-corrected chi connectivity index (χ3v) is 8.30. The van der Waals surface area contributed by atoms with E-state index in [1.165, 1.54) is 23.9 Å². The summed E-state index contributed by atoms with van der Waals surface area (Å²) in [5.74, 6) is -0.209. The van der Waals surface area contributed by atoms with Crippen LogP contribution >= 0.6 is 23.4 Å². The van der Waals surface area contributed by atoms with Crippen LogP contribution in [0.5, 0.6) is 5.75 Å². The lowest BCUT2D eigenvalue weighted by Crippen LogP contribution is -2.47. The topological polar surface area (TPSA) is 79.3 Å². The Morgan fingerprint density at radius 3 is 2.33 bits per heavy atom. The highest BCUT2D eigenvalue weighted by molar-refractivity contribution is 8.18. The van der Waals surface area contributed by atoms with Gasteiger partial charge in [-0.1, -0.05) is 54.1 Å². The fourth-order valence-electron chi connectivity index (χ4n) is 3.93. The smallest absolute Gasteiger partial charge is 0.339 e. The average molecular weight is 540 g/mol. The minimum absolute atomic E-state index is 0.0568. The second-order valence-electron chi connectivity index (χ2n) is 8.15. The Labute approximate surface area is 219 Å². The minimum Gasteiger partial charge on any atom is -0.378 e. The standard InChI is InChI=1S/C26H22ClN3O4S2/c27-20-8-6-9-21(18-20)29-13-15-30(16-14-29)26-28-25(31)24(35-26)17-19-7-4-5-12-23(19)34-36(32,33)22-10-2-1-3-11-22/h1-12,17-18H,13-16H2/b24-17+. The van der Waals surface area contributed by atoms with Crippen molar-refractivity contribution in [3.8, 4) is 5.75 Å². The summed E-state index contributed by atoms with van der Waals surface area (Å²) in [6, 6.07) is 22.4. The molecule has 0 unspecified atom stereocenters. The van der Waals surface area contributed by atoms with E-state index >= 15 is 0 Å². The Morgan fingerprint density at radius 1 is 0.889 bits per heavy atom. The first kappa shape index (κ1) is 24.4. The first-order valence-electron chi connectivity index (χ1n) is 11.3. The van der Waals surface area contributed by atoms with Gasteiger partial charge in [0.1, 0.15) is 10.6 Å². The lowest BCUT2D eigenvalue weighted by Gasteiger charge is -2.36. The Hall–Kier alpha value is -3.27. The number of hydrogen-bond acceptors (Lipinski definition) is 7. The normalized spacial score (nSPS) is 17.4. The Balaban J connectivity index is 1.28. The van der Waals surface area contributed by atoms with Crippen molar-refractivity contribution >= 4 is 56.3 Å². The van der Waals surface area contributed by atoms with Crippen LogP contribution in [0.25, 0.3) is 6.08 Å². The van der Waals surface area contributed by atoms with Crippen molar-refractivity contribution in [2.45, 2.75) is 4.90 Å². The van der Waals surface area contributed by atoms with Gasteiger partial charge in [-0.2, -0.15) is 13.4 Å². The summed E-state index contributed by atoms with van der Waals surface area (Å²) >= 11 is 7.41. The number of amidine groups is 1. The Morgan fingerprint density at radius 2 is 1.58 bits per heavy atom. The van der Waals surface area contributed by atoms with Crippen molar-refractivity contribution in [2.75, 3.05) is 31.1 Å². The maximum Gasteiger partial charge on any atom is 0.339 e. The third kappa shape index (κ3) is 5.43. The number of carbonyl (C=O) groups is 1. The van der Waals surface area contributed by atoms with E-state index in [9.17, 15) is 13.2 Å². The molecule has 2 aliphatic rings. The van der Waals surface area contributed by atoms with Gasteiger partial charge in [-0.05, 0) is 54.2 Å². The van der Waals surface area contributed by atoms with E-state index in [4.69, 9.17) is 15.8 Å². The number of aliphatic imine (C=N–C) groups is 1. The molecule has 2 aliphatic heterocycles. The van der Waals surface area contributed by atoms with Gasteiger partial charge in [-0.3, -0.25) is 4.79 Å².